The first-order valence-corrected chi connectivity index (χ1v) is 10.1. The molecule has 0 fully saturated rings. The van der Waals surface area contributed by atoms with Gasteiger partial charge in [-0.15, -0.1) is 0 Å². The zero-order chi connectivity index (χ0) is 21.1. The molecule has 0 radical (unpaired) electrons. The van der Waals surface area contributed by atoms with Gasteiger partial charge in [-0.05, 0) is 35.7 Å². The van der Waals surface area contributed by atoms with Crippen LogP contribution in [0.5, 0.6) is 0 Å². The van der Waals surface area contributed by atoms with Crippen molar-refractivity contribution >= 4 is 28.3 Å². The Labute approximate surface area is 179 Å². The number of halogens is 1. The van der Waals surface area contributed by atoms with Crippen LogP contribution in [-0.2, 0) is 0 Å². The minimum atomic E-state index is -0.692. The molecule has 0 saturated heterocycles. The number of nitrogens with zero attached hydrogens (tertiary/aromatic N) is 1. The molecule has 4 aromatic rings. The number of aromatic nitrogens is 1. The van der Waals surface area contributed by atoms with Crippen LogP contribution in [0.1, 0.15) is 34.2 Å². The fraction of sp³-hybridized carbons (Fsp3) is 0.167. The molecule has 1 aromatic heterocycles. The monoisotopic (exact) mass is 420 g/mol. The first-order valence-electron chi connectivity index (χ1n) is 9.71. The number of carbonyl (C=O) groups is 1. The van der Waals surface area contributed by atoms with Crippen LogP contribution in [-0.4, -0.2) is 22.7 Å². The van der Waals surface area contributed by atoms with E-state index < -0.39 is 6.10 Å². The summed E-state index contributed by atoms with van der Waals surface area (Å²) < 4.78 is 5.25. The van der Waals surface area contributed by atoms with Crippen LogP contribution in [0.15, 0.2) is 71.3 Å². The van der Waals surface area contributed by atoms with E-state index in [9.17, 15) is 9.90 Å². The van der Waals surface area contributed by atoms with Gasteiger partial charge in [-0.25, -0.2) is 0 Å². The molecule has 0 aliphatic carbocycles. The molecule has 1 heterocycles. The molecule has 0 spiro atoms. The highest BCUT2D eigenvalue weighted by atomic mass is 35.5. The van der Waals surface area contributed by atoms with Crippen LogP contribution in [0.25, 0.3) is 22.0 Å². The highest BCUT2D eigenvalue weighted by Crippen LogP contribution is 2.31. The fourth-order valence-electron chi connectivity index (χ4n) is 3.58. The SMILES string of the molecule is Cc1onc(-c2ccccc2Cl)c1C(=O)NCCC(O)c1cccc2ccccc12. The molecule has 6 heteroatoms. The predicted octanol–water partition coefficient (Wildman–Crippen LogP) is 5.31. The molecule has 4 rings (SSSR count). The van der Waals surface area contributed by atoms with Gasteiger partial charge >= 0.3 is 0 Å². The average molecular weight is 421 g/mol. The predicted molar refractivity (Wildman–Crippen MR) is 118 cm³/mol. The Bertz CT molecular complexity index is 1200. The van der Waals surface area contributed by atoms with Crippen LogP contribution in [0.4, 0.5) is 0 Å². The van der Waals surface area contributed by atoms with Crippen molar-refractivity contribution in [1.82, 2.24) is 10.5 Å². The van der Waals surface area contributed by atoms with Crippen LogP contribution >= 0.6 is 11.6 Å². The Morgan fingerprint density at radius 3 is 2.67 bits per heavy atom. The van der Waals surface area contributed by atoms with E-state index in [0.717, 1.165) is 16.3 Å². The second kappa shape index (κ2) is 8.69. The van der Waals surface area contributed by atoms with Gasteiger partial charge in [-0.2, -0.15) is 0 Å². The van der Waals surface area contributed by atoms with E-state index in [2.05, 4.69) is 10.5 Å². The Morgan fingerprint density at radius 1 is 1.10 bits per heavy atom. The third-order valence-corrected chi connectivity index (χ3v) is 5.43. The van der Waals surface area contributed by atoms with Crippen molar-refractivity contribution in [2.75, 3.05) is 6.54 Å². The lowest BCUT2D eigenvalue weighted by Gasteiger charge is -2.14. The molecular weight excluding hydrogens is 400 g/mol. The number of aryl methyl sites for hydroxylation is 1. The van der Waals surface area contributed by atoms with Gasteiger partial charge in [0.1, 0.15) is 17.0 Å². The zero-order valence-electron chi connectivity index (χ0n) is 16.4. The summed E-state index contributed by atoms with van der Waals surface area (Å²) in [6.45, 7) is 1.99. The van der Waals surface area contributed by atoms with Crippen molar-refractivity contribution in [3.8, 4) is 11.3 Å². The third-order valence-electron chi connectivity index (χ3n) is 5.10. The highest BCUT2D eigenvalue weighted by molar-refractivity contribution is 6.33. The van der Waals surface area contributed by atoms with Gasteiger partial charge in [0.15, 0.2) is 0 Å². The largest absolute Gasteiger partial charge is 0.388 e. The number of nitrogens with one attached hydrogen (secondary N) is 1. The van der Waals surface area contributed by atoms with Crippen molar-refractivity contribution in [2.45, 2.75) is 19.4 Å². The second-order valence-corrected chi connectivity index (χ2v) is 7.48. The van der Waals surface area contributed by atoms with E-state index in [1.54, 1.807) is 19.1 Å². The number of benzene rings is 3. The minimum Gasteiger partial charge on any atom is -0.388 e. The third kappa shape index (κ3) is 3.95. The number of aliphatic hydroxyl groups excluding tert-OH is 1. The average Bonchev–Trinajstić information content (AvgIpc) is 3.14. The first kappa shape index (κ1) is 20.1. The van der Waals surface area contributed by atoms with Crippen molar-refractivity contribution < 1.29 is 14.4 Å². The molecule has 2 N–H and O–H groups in total. The Balaban J connectivity index is 1.47. The molecular formula is C24H21ClN2O3. The molecule has 0 saturated carbocycles. The first-order chi connectivity index (χ1) is 14.6. The van der Waals surface area contributed by atoms with E-state index in [4.69, 9.17) is 16.1 Å². The molecule has 1 atom stereocenters. The molecule has 3 aromatic carbocycles. The van der Waals surface area contributed by atoms with Gasteiger partial charge in [0.2, 0.25) is 0 Å². The standard InChI is InChI=1S/C24H21ClN2O3/c1-15-22(23(27-30-15)19-10-4-5-12-20(19)25)24(29)26-14-13-21(28)18-11-6-8-16-7-2-3-9-17(16)18/h2-12,21,28H,13-14H2,1H3,(H,26,29). The quantitative estimate of drug-likeness (QED) is 0.443. The summed E-state index contributed by atoms with van der Waals surface area (Å²) in [4.78, 5) is 12.8. The van der Waals surface area contributed by atoms with Crippen LogP contribution in [0.2, 0.25) is 5.02 Å². The molecule has 1 amide bonds. The summed E-state index contributed by atoms with van der Waals surface area (Å²) in [6.07, 6.45) is -0.311. The number of carbonyl (C=O) groups excluding carboxylic acids is 1. The summed E-state index contributed by atoms with van der Waals surface area (Å²) in [5.74, 6) is 0.103. The summed E-state index contributed by atoms with van der Waals surface area (Å²) in [7, 11) is 0. The van der Waals surface area contributed by atoms with Crippen molar-refractivity contribution in [3.63, 3.8) is 0 Å². The lowest BCUT2D eigenvalue weighted by Crippen LogP contribution is -2.26. The maximum Gasteiger partial charge on any atom is 0.257 e. The van der Waals surface area contributed by atoms with Gasteiger partial charge < -0.3 is 14.9 Å². The number of rotatable bonds is 6. The summed E-state index contributed by atoms with van der Waals surface area (Å²) >= 11 is 6.26. The maximum absolute atomic E-state index is 12.8. The smallest absolute Gasteiger partial charge is 0.257 e. The second-order valence-electron chi connectivity index (χ2n) is 7.07. The van der Waals surface area contributed by atoms with E-state index >= 15 is 0 Å². The molecule has 152 valence electrons. The van der Waals surface area contributed by atoms with Gasteiger partial charge in [-0.1, -0.05) is 77.4 Å². The Morgan fingerprint density at radius 2 is 1.83 bits per heavy atom. The van der Waals surface area contributed by atoms with E-state index in [1.807, 2.05) is 54.6 Å². The molecule has 5 nitrogen and oxygen atoms in total. The Hall–Kier alpha value is -3.15. The van der Waals surface area contributed by atoms with Crippen LogP contribution < -0.4 is 5.32 Å². The van der Waals surface area contributed by atoms with Gasteiger partial charge in [-0.3, -0.25) is 4.79 Å². The summed E-state index contributed by atoms with van der Waals surface area (Å²) in [5, 5.41) is 20.1. The molecule has 1 unspecified atom stereocenters. The number of hydrogen-bond donors (Lipinski definition) is 2. The zero-order valence-corrected chi connectivity index (χ0v) is 17.2. The maximum atomic E-state index is 12.8. The summed E-state index contributed by atoms with van der Waals surface area (Å²) in [5.41, 5.74) is 2.24. The minimum absolute atomic E-state index is 0.301. The van der Waals surface area contributed by atoms with Gasteiger partial charge in [0.05, 0.1) is 11.1 Å². The van der Waals surface area contributed by atoms with Crippen molar-refractivity contribution in [3.05, 3.63) is 88.6 Å². The van der Waals surface area contributed by atoms with Crippen molar-refractivity contribution in [2.24, 2.45) is 0 Å². The number of aliphatic hydroxyl groups is 1. The highest BCUT2D eigenvalue weighted by Gasteiger charge is 2.23. The van der Waals surface area contributed by atoms with Crippen molar-refractivity contribution in [1.29, 1.82) is 0 Å². The van der Waals surface area contributed by atoms with Crippen LogP contribution in [0.3, 0.4) is 0 Å². The molecule has 30 heavy (non-hydrogen) atoms. The molecule has 0 aliphatic rings. The van der Waals surface area contributed by atoms with Gasteiger partial charge in [0.25, 0.3) is 5.91 Å². The van der Waals surface area contributed by atoms with Crippen LogP contribution in [0, 0.1) is 6.92 Å². The Kier molecular flexibility index (Phi) is 5.84. The number of fused-ring (bicyclic) bond motifs is 1. The molecule has 0 bridgehead atoms. The fourth-order valence-corrected chi connectivity index (χ4v) is 3.81. The molecule has 0 aliphatic heterocycles. The topological polar surface area (TPSA) is 75.4 Å². The number of hydrogen-bond acceptors (Lipinski definition) is 4. The van der Waals surface area contributed by atoms with E-state index in [1.165, 1.54) is 0 Å². The summed E-state index contributed by atoms with van der Waals surface area (Å²) in [6, 6.07) is 20.9. The van der Waals surface area contributed by atoms with E-state index in [-0.39, 0.29) is 5.91 Å². The number of amides is 1. The normalized spacial score (nSPS) is 12.1. The van der Waals surface area contributed by atoms with E-state index in [0.29, 0.717) is 40.6 Å². The lowest BCUT2D eigenvalue weighted by atomic mass is 9.98. The van der Waals surface area contributed by atoms with Gasteiger partial charge in [0, 0.05) is 12.1 Å². The lowest BCUT2D eigenvalue weighted by molar-refractivity contribution is 0.0942.